The Bertz CT molecular complexity index is 762. The SMILES string of the molecule is CNC(=O)[C@H]1CN(C)CCN(C(=O)c2cnc3ccccc3c2)C1. The van der Waals surface area contributed by atoms with Crippen LogP contribution in [-0.4, -0.2) is 66.9 Å². The van der Waals surface area contributed by atoms with Crippen LogP contribution in [0.3, 0.4) is 0 Å². The zero-order chi connectivity index (χ0) is 17.1. The molecule has 1 atom stereocenters. The minimum absolute atomic E-state index is 0.0295. The fourth-order valence-electron chi connectivity index (χ4n) is 3.10. The molecule has 0 bridgehead atoms. The summed E-state index contributed by atoms with van der Waals surface area (Å²) in [4.78, 5) is 33.2. The van der Waals surface area contributed by atoms with Gasteiger partial charge in [-0.2, -0.15) is 0 Å². The molecular formula is C18H22N4O2. The van der Waals surface area contributed by atoms with Gasteiger partial charge in [-0.1, -0.05) is 18.2 Å². The van der Waals surface area contributed by atoms with E-state index >= 15 is 0 Å². The van der Waals surface area contributed by atoms with E-state index in [9.17, 15) is 9.59 Å². The molecule has 1 N–H and O–H groups in total. The number of para-hydroxylation sites is 1. The number of nitrogens with zero attached hydrogens (tertiary/aromatic N) is 3. The maximum atomic E-state index is 12.9. The normalized spacial score (nSPS) is 19.1. The lowest BCUT2D eigenvalue weighted by Gasteiger charge is -2.23. The van der Waals surface area contributed by atoms with Gasteiger partial charge in [-0.25, -0.2) is 0 Å². The van der Waals surface area contributed by atoms with E-state index in [2.05, 4.69) is 15.2 Å². The number of nitrogens with one attached hydrogen (secondary N) is 1. The summed E-state index contributed by atoms with van der Waals surface area (Å²) >= 11 is 0. The van der Waals surface area contributed by atoms with Crippen LogP contribution in [0.1, 0.15) is 10.4 Å². The summed E-state index contributed by atoms with van der Waals surface area (Å²) in [5.41, 5.74) is 1.43. The van der Waals surface area contributed by atoms with Crippen LogP contribution in [0.4, 0.5) is 0 Å². The molecule has 0 radical (unpaired) electrons. The molecule has 1 aromatic carbocycles. The zero-order valence-corrected chi connectivity index (χ0v) is 14.0. The van der Waals surface area contributed by atoms with E-state index in [0.717, 1.165) is 17.4 Å². The van der Waals surface area contributed by atoms with Gasteiger partial charge in [0.05, 0.1) is 17.0 Å². The Morgan fingerprint density at radius 3 is 2.79 bits per heavy atom. The molecule has 3 rings (SSSR count). The molecule has 1 aliphatic heterocycles. The van der Waals surface area contributed by atoms with E-state index < -0.39 is 0 Å². The van der Waals surface area contributed by atoms with Crippen LogP contribution in [0.15, 0.2) is 36.5 Å². The van der Waals surface area contributed by atoms with Crippen molar-refractivity contribution in [1.82, 2.24) is 20.1 Å². The van der Waals surface area contributed by atoms with Crippen molar-refractivity contribution in [2.45, 2.75) is 0 Å². The predicted molar refractivity (Wildman–Crippen MR) is 92.7 cm³/mol. The van der Waals surface area contributed by atoms with Crippen LogP contribution in [0.2, 0.25) is 0 Å². The third-order valence-corrected chi connectivity index (χ3v) is 4.47. The Kier molecular flexibility index (Phi) is 4.76. The highest BCUT2D eigenvalue weighted by Crippen LogP contribution is 2.16. The van der Waals surface area contributed by atoms with Crippen LogP contribution >= 0.6 is 0 Å². The monoisotopic (exact) mass is 326 g/mol. The number of aromatic nitrogens is 1. The van der Waals surface area contributed by atoms with Gasteiger partial charge in [0, 0.05) is 44.8 Å². The van der Waals surface area contributed by atoms with Crippen molar-refractivity contribution in [2.24, 2.45) is 5.92 Å². The number of carbonyl (C=O) groups excluding carboxylic acids is 2. The largest absolute Gasteiger partial charge is 0.359 e. The summed E-state index contributed by atoms with van der Waals surface area (Å²) in [6, 6.07) is 9.60. The van der Waals surface area contributed by atoms with Crippen molar-refractivity contribution in [3.05, 3.63) is 42.1 Å². The van der Waals surface area contributed by atoms with E-state index in [-0.39, 0.29) is 17.7 Å². The Hall–Kier alpha value is -2.47. The average Bonchev–Trinajstić information content (AvgIpc) is 2.81. The number of amides is 2. The van der Waals surface area contributed by atoms with E-state index in [1.54, 1.807) is 18.1 Å². The summed E-state index contributed by atoms with van der Waals surface area (Å²) < 4.78 is 0. The summed E-state index contributed by atoms with van der Waals surface area (Å²) in [6.45, 7) is 2.44. The number of hydrogen-bond donors (Lipinski definition) is 1. The first-order valence-corrected chi connectivity index (χ1v) is 8.12. The van der Waals surface area contributed by atoms with Gasteiger partial charge < -0.3 is 15.1 Å². The molecule has 1 fully saturated rings. The number of hydrogen-bond acceptors (Lipinski definition) is 4. The summed E-state index contributed by atoms with van der Waals surface area (Å²) in [6.07, 6.45) is 1.62. The fraction of sp³-hybridized carbons (Fsp3) is 0.389. The molecule has 0 spiro atoms. The molecule has 1 saturated heterocycles. The Balaban J connectivity index is 1.84. The highest BCUT2D eigenvalue weighted by Gasteiger charge is 2.29. The number of pyridine rings is 1. The first-order valence-electron chi connectivity index (χ1n) is 8.12. The standard InChI is InChI=1S/C18H22N4O2/c1-19-17(23)15-11-21(2)7-8-22(12-15)18(24)14-9-13-5-3-4-6-16(13)20-10-14/h3-6,9-10,15H,7-8,11-12H2,1-2H3,(H,19,23)/t15-/m0/s1. The maximum absolute atomic E-state index is 12.9. The Morgan fingerprint density at radius 1 is 1.21 bits per heavy atom. The van der Waals surface area contributed by atoms with Crippen molar-refractivity contribution >= 4 is 22.7 Å². The van der Waals surface area contributed by atoms with Crippen molar-refractivity contribution < 1.29 is 9.59 Å². The van der Waals surface area contributed by atoms with E-state index in [1.165, 1.54) is 0 Å². The summed E-state index contributed by atoms with van der Waals surface area (Å²) in [7, 11) is 3.61. The molecule has 0 unspecified atom stereocenters. The van der Waals surface area contributed by atoms with E-state index in [1.807, 2.05) is 37.4 Å². The van der Waals surface area contributed by atoms with Crippen LogP contribution in [0.5, 0.6) is 0 Å². The van der Waals surface area contributed by atoms with E-state index in [4.69, 9.17) is 0 Å². The van der Waals surface area contributed by atoms with Gasteiger partial charge in [0.2, 0.25) is 5.91 Å². The molecule has 0 aliphatic carbocycles. The van der Waals surface area contributed by atoms with Gasteiger partial charge in [-0.15, -0.1) is 0 Å². The zero-order valence-electron chi connectivity index (χ0n) is 14.0. The quantitative estimate of drug-likeness (QED) is 0.894. The second-order valence-corrected chi connectivity index (χ2v) is 6.24. The second-order valence-electron chi connectivity index (χ2n) is 6.24. The molecule has 0 saturated carbocycles. The number of fused-ring (bicyclic) bond motifs is 1. The smallest absolute Gasteiger partial charge is 0.255 e. The summed E-state index contributed by atoms with van der Waals surface area (Å²) in [5.74, 6) is -0.324. The lowest BCUT2D eigenvalue weighted by molar-refractivity contribution is -0.125. The van der Waals surface area contributed by atoms with Crippen molar-refractivity contribution in [3.63, 3.8) is 0 Å². The third-order valence-electron chi connectivity index (χ3n) is 4.47. The molecule has 6 nitrogen and oxygen atoms in total. The first kappa shape index (κ1) is 16.4. The Labute approximate surface area is 141 Å². The van der Waals surface area contributed by atoms with Crippen LogP contribution in [0.25, 0.3) is 10.9 Å². The molecule has 126 valence electrons. The molecular weight excluding hydrogens is 304 g/mol. The van der Waals surface area contributed by atoms with Gasteiger partial charge in [0.15, 0.2) is 0 Å². The van der Waals surface area contributed by atoms with Crippen LogP contribution < -0.4 is 5.32 Å². The van der Waals surface area contributed by atoms with Gasteiger partial charge in [0.25, 0.3) is 5.91 Å². The predicted octanol–water partition coefficient (Wildman–Crippen LogP) is 0.985. The topological polar surface area (TPSA) is 65.5 Å². The van der Waals surface area contributed by atoms with Crippen molar-refractivity contribution in [2.75, 3.05) is 40.3 Å². The molecule has 6 heteroatoms. The van der Waals surface area contributed by atoms with Crippen LogP contribution in [0, 0.1) is 5.92 Å². The molecule has 2 heterocycles. The number of rotatable bonds is 2. The number of likely N-dealkylation sites (N-methyl/N-ethyl adjacent to an activating group) is 1. The minimum Gasteiger partial charge on any atom is -0.359 e. The molecule has 2 aromatic rings. The third kappa shape index (κ3) is 3.38. The number of carbonyl (C=O) groups is 2. The highest BCUT2D eigenvalue weighted by molar-refractivity contribution is 5.97. The lowest BCUT2D eigenvalue weighted by Crippen LogP contribution is -2.41. The van der Waals surface area contributed by atoms with E-state index in [0.29, 0.717) is 25.2 Å². The molecule has 1 aliphatic rings. The van der Waals surface area contributed by atoms with Gasteiger partial charge >= 0.3 is 0 Å². The molecule has 24 heavy (non-hydrogen) atoms. The Morgan fingerprint density at radius 2 is 2.00 bits per heavy atom. The summed E-state index contributed by atoms with van der Waals surface area (Å²) in [5, 5.41) is 3.63. The first-order chi connectivity index (χ1) is 11.6. The van der Waals surface area contributed by atoms with Crippen LogP contribution in [-0.2, 0) is 4.79 Å². The average molecular weight is 326 g/mol. The van der Waals surface area contributed by atoms with Gasteiger partial charge in [-0.05, 0) is 19.2 Å². The molecule has 2 amide bonds. The maximum Gasteiger partial charge on any atom is 0.255 e. The number of benzene rings is 1. The van der Waals surface area contributed by atoms with Gasteiger partial charge in [0.1, 0.15) is 0 Å². The minimum atomic E-state index is -0.222. The highest BCUT2D eigenvalue weighted by atomic mass is 16.2. The fourth-order valence-corrected chi connectivity index (χ4v) is 3.10. The van der Waals surface area contributed by atoms with Crippen molar-refractivity contribution in [1.29, 1.82) is 0 Å². The van der Waals surface area contributed by atoms with Gasteiger partial charge in [-0.3, -0.25) is 14.6 Å². The molecule has 1 aromatic heterocycles. The van der Waals surface area contributed by atoms with Crippen molar-refractivity contribution in [3.8, 4) is 0 Å². The second kappa shape index (κ2) is 6.97. The lowest BCUT2D eigenvalue weighted by atomic mass is 10.1.